The van der Waals surface area contributed by atoms with E-state index in [4.69, 9.17) is 27.9 Å². The van der Waals surface area contributed by atoms with Gasteiger partial charge in [0.05, 0.1) is 5.56 Å². The quantitative estimate of drug-likeness (QED) is 0.777. The average molecular weight is 281 g/mol. The second kappa shape index (κ2) is 5.89. The van der Waals surface area contributed by atoms with Crippen LogP contribution in [-0.2, 0) is 6.61 Å². The van der Waals surface area contributed by atoms with Crippen LogP contribution >= 0.6 is 23.2 Å². The van der Waals surface area contributed by atoms with Gasteiger partial charge < -0.3 is 4.74 Å². The van der Waals surface area contributed by atoms with Gasteiger partial charge in [0.2, 0.25) is 0 Å². The zero-order valence-corrected chi connectivity index (χ0v) is 10.9. The Bertz CT molecular complexity index is 550. The molecule has 92 valence electrons. The summed E-state index contributed by atoms with van der Waals surface area (Å²) in [6, 6.07) is 12.2. The summed E-state index contributed by atoms with van der Waals surface area (Å²) in [4.78, 5) is 10.9. The second-order valence-electron chi connectivity index (χ2n) is 3.72. The van der Waals surface area contributed by atoms with Crippen molar-refractivity contribution >= 4 is 29.5 Å². The molecule has 0 fully saturated rings. The highest BCUT2D eigenvalue weighted by molar-refractivity contribution is 6.31. The topological polar surface area (TPSA) is 26.3 Å². The van der Waals surface area contributed by atoms with E-state index < -0.39 is 0 Å². The molecular formula is C14H10Cl2O2. The summed E-state index contributed by atoms with van der Waals surface area (Å²) in [5.74, 6) is 0.479. The lowest BCUT2D eigenvalue weighted by molar-refractivity contribution is 0.111. The first-order valence-corrected chi connectivity index (χ1v) is 6.06. The predicted molar refractivity (Wildman–Crippen MR) is 72.6 cm³/mol. The van der Waals surface area contributed by atoms with E-state index in [1.54, 1.807) is 30.3 Å². The van der Waals surface area contributed by atoms with E-state index in [2.05, 4.69) is 0 Å². The Morgan fingerprint density at radius 1 is 1.00 bits per heavy atom. The molecule has 2 aromatic carbocycles. The fraction of sp³-hybridized carbons (Fsp3) is 0.0714. The molecular weight excluding hydrogens is 271 g/mol. The summed E-state index contributed by atoms with van der Waals surface area (Å²) >= 11 is 11.7. The van der Waals surface area contributed by atoms with Crippen molar-refractivity contribution < 1.29 is 9.53 Å². The molecule has 0 aliphatic rings. The van der Waals surface area contributed by atoms with Crippen molar-refractivity contribution in [1.29, 1.82) is 0 Å². The van der Waals surface area contributed by atoms with Crippen LogP contribution in [0.5, 0.6) is 5.75 Å². The summed E-state index contributed by atoms with van der Waals surface area (Å²) in [7, 11) is 0. The summed E-state index contributed by atoms with van der Waals surface area (Å²) in [6.45, 7) is 0.359. The maximum absolute atomic E-state index is 10.9. The number of carbonyl (C=O) groups is 1. The highest BCUT2D eigenvalue weighted by Gasteiger charge is 2.04. The van der Waals surface area contributed by atoms with Crippen molar-refractivity contribution in [2.75, 3.05) is 0 Å². The average Bonchev–Trinajstić information content (AvgIpc) is 2.38. The van der Waals surface area contributed by atoms with Crippen LogP contribution in [0.3, 0.4) is 0 Å². The molecule has 0 atom stereocenters. The zero-order chi connectivity index (χ0) is 13.0. The molecule has 0 N–H and O–H groups in total. The first kappa shape index (κ1) is 12.9. The lowest BCUT2D eigenvalue weighted by Crippen LogP contribution is -1.98. The third-order valence-corrected chi connectivity index (χ3v) is 2.90. The standard InChI is InChI=1S/C14H10Cl2O2/c15-12-4-1-10(2-5-12)9-18-14-7-13(16)6-3-11(14)8-17/h1-8H,9H2. The van der Waals surface area contributed by atoms with Gasteiger partial charge in [-0.3, -0.25) is 4.79 Å². The zero-order valence-electron chi connectivity index (χ0n) is 9.40. The predicted octanol–water partition coefficient (Wildman–Crippen LogP) is 4.38. The van der Waals surface area contributed by atoms with Crippen LogP contribution in [0.15, 0.2) is 42.5 Å². The number of aldehydes is 1. The van der Waals surface area contributed by atoms with E-state index in [-0.39, 0.29) is 0 Å². The molecule has 0 saturated heterocycles. The summed E-state index contributed by atoms with van der Waals surface area (Å²) in [6.07, 6.45) is 0.744. The van der Waals surface area contributed by atoms with Gasteiger partial charge in [0.25, 0.3) is 0 Å². The molecule has 0 amide bonds. The first-order valence-electron chi connectivity index (χ1n) is 5.31. The van der Waals surface area contributed by atoms with Gasteiger partial charge in [-0.05, 0) is 35.9 Å². The van der Waals surface area contributed by atoms with Crippen LogP contribution in [0.4, 0.5) is 0 Å². The van der Waals surface area contributed by atoms with Crippen LogP contribution in [-0.4, -0.2) is 6.29 Å². The molecule has 0 unspecified atom stereocenters. The van der Waals surface area contributed by atoms with E-state index >= 15 is 0 Å². The van der Waals surface area contributed by atoms with Gasteiger partial charge in [0, 0.05) is 10.0 Å². The van der Waals surface area contributed by atoms with Gasteiger partial charge in [-0.1, -0.05) is 35.3 Å². The number of hydrogen-bond acceptors (Lipinski definition) is 2. The molecule has 0 aliphatic heterocycles. The molecule has 2 aromatic rings. The summed E-state index contributed by atoms with van der Waals surface area (Å²) in [5.41, 5.74) is 1.45. The molecule has 0 aliphatic carbocycles. The molecule has 4 heteroatoms. The van der Waals surface area contributed by atoms with E-state index in [1.165, 1.54) is 0 Å². The molecule has 0 bridgehead atoms. The molecule has 2 rings (SSSR count). The number of carbonyl (C=O) groups excluding carboxylic acids is 1. The smallest absolute Gasteiger partial charge is 0.153 e. The van der Waals surface area contributed by atoms with Gasteiger partial charge in [0.15, 0.2) is 6.29 Å². The third-order valence-electron chi connectivity index (χ3n) is 2.41. The van der Waals surface area contributed by atoms with Crippen molar-refractivity contribution in [1.82, 2.24) is 0 Å². The Hall–Kier alpha value is -1.51. The van der Waals surface area contributed by atoms with E-state index in [1.807, 2.05) is 12.1 Å². The molecule has 0 heterocycles. The van der Waals surface area contributed by atoms with E-state index in [0.29, 0.717) is 28.0 Å². The van der Waals surface area contributed by atoms with Crippen molar-refractivity contribution in [2.24, 2.45) is 0 Å². The fourth-order valence-electron chi connectivity index (χ4n) is 1.47. The Kier molecular flexibility index (Phi) is 4.24. The van der Waals surface area contributed by atoms with Crippen molar-refractivity contribution in [3.63, 3.8) is 0 Å². The largest absolute Gasteiger partial charge is 0.488 e. The third kappa shape index (κ3) is 3.25. The Labute approximate surface area is 115 Å². The van der Waals surface area contributed by atoms with Crippen LogP contribution in [0, 0.1) is 0 Å². The molecule has 0 aromatic heterocycles. The summed E-state index contributed by atoms with van der Waals surface area (Å²) in [5, 5.41) is 1.21. The van der Waals surface area contributed by atoms with Crippen molar-refractivity contribution in [3.05, 3.63) is 63.6 Å². The van der Waals surface area contributed by atoms with Crippen LogP contribution < -0.4 is 4.74 Å². The maximum Gasteiger partial charge on any atom is 0.153 e. The fourth-order valence-corrected chi connectivity index (χ4v) is 1.76. The van der Waals surface area contributed by atoms with E-state index in [0.717, 1.165) is 11.8 Å². The number of benzene rings is 2. The minimum atomic E-state index is 0.359. The number of ether oxygens (including phenoxy) is 1. The Morgan fingerprint density at radius 3 is 2.33 bits per heavy atom. The number of rotatable bonds is 4. The van der Waals surface area contributed by atoms with Crippen LogP contribution in [0.2, 0.25) is 10.0 Å². The maximum atomic E-state index is 10.9. The number of hydrogen-bond donors (Lipinski definition) is 0. The van der Waals surface area contributed by atoms with Crippen molar-refractivity contribution in [3.8, 4) is 5.75 Å². The SMILES string of the molecule is O=Cc1ccc(Cl)cc1OCc1ccc(Cl)cc1. The highest BCUT2D eigenvalue weighted by Crippen LogP contribution is 2.23. The van der Waals surface area contributed by atoms with Gasteiger partial charge in [-0.2, -0.15) is 0 Å². The molecule has 0 spiro atoms. The Morgan fingerprint density at radius 2 is 1.67 bits per heavy atom. The van der Waals surface area contributed by atoms with Gasteiger partial charge in [0.1, 0.15) is 12.4 Å². The molecule has 0 saturated carbocycles. The second-order valence-corrected chi connectivity index (χ2v) is 4.59. The number of halogens is 2. The minimum Gasteiger partial charge on any atom is -0.488 e. The van der Waals surface area contributed by atoms with Crippen LogP contribution in [0.25, 0.3) is 0 Å². The minimum absolute atomic E-state index is 0.359. The Balaban J connectivity index is 2.12. The van der Waals surface area contributed by atoms with Gasteiger partial charge in [-0.25, -0.2) is 0 Å². The van der Waals surface area contributed by atoms with E-state index in [9.17, 15) is 4.79 Å². The van der Waals surface area contributed by atoms with Crippen LogP contribution in [0.1, 0.15) is 15.9 Å². The van der Waals surface area contributed by atoms with Gasteiger partial charge in [-0.15, -0.1) is 0 Å². The van der Waals surface area contributed by atoms with Crippen molar-refractivity contribution in [2.45, 2.75) is 6.61 Å². The van der Waals surface area contributed by atoms with Gasteiger partial charge >= 0.3 is 0 Å². The highest BCUT2D eigenvalue weighted by atomic mass is 35.5. The lowest BCUT2D eigenvalue weighted by Gasteiger charge is -2.09. The monoisotopic (exact) mass is 280 g/mol. The summed E-state index contributed by atoms with van der Waals surface area (Å²) < 4.78 is 5.58. The first-order chi connectivity index (χ1) is 8.69. The lowest BCUT2D eigenvalue weighted by atomic mass is 10.2. The molecule has 18 heavy (non-hydrogen) atoms. The molecule has 2 nitrogen and oxygen atoms in total. The normalized spacial score (nSPS) is 10.1. The molecule has 0 radical (unpaired) electrons.